The zero-order valence-corrected chi connectivity index (χ0v) is 12.6. The minimum Gasteiger partial charge on any atom is -0.369 e. The van der Waals surface area contributed by atoms with E-state index in [0.717, 1.165) is 19.6 Å². The highest BCUT2D eigenvalue weighted by Crippen LogP contribution is 2.22. The van der Waals surface area contributed by atoms with Crippen molar-refractivity contribution in [1.82, 2.24) is 10.2 Å². The minimum atomic E-state index is 0.950. The maximum absolute atomic E-state index is 3.21. The summed E-state index contributed by atoms with van der Waals surface area (Å²) in [5.74, 6) is 0. The predicted octanol–water partition coefficient (Wildman–Crippen LogP) is 2.25. The molecule has 1 N–H and O–H groups in total. The molecule has 0 spiro atoms. The number of nitrogens with one attached hydrogen (secondary N) is 1. The average molecular weight is 261 g/mol. The first-order valence-electron chi connectivity index (χ1n) is 7.46. The summed E-state index contributed by atoms with van der Waals surface area (Å²) in [5, 5.41) is 3.21. The monoisotopic (exact) mass is 261 g/mol. The number of nitrogens with zero attached hydrogens (tertiary/aromatic N) is 2. The van der Waals surface area contributed by atoms with Crippen molar-refractivity contribution < 1.29 is 0 Å². The molecule has 0 radical (unpaired) electrons. The number of rotatable bonds is 5. The fourth-order valence-electron chi connectivity index (χ4n) is 2.92. The molecule has 0 aromatic heterocycles. The largest absolute Gasteiger partial charge is 0.369 e. The van der Waals surface area contributed by atoms with E-state index in [4.69, 9.17) is 0 Å². The van der Waals surface area contributed by atoms with Crippen LogP contribution in [0.3, 0.4) is 0 Å². The van der Waals surface area contributed by atoms with Crippen LogP contribution in [0.2, 0.25) is 0 Å². The van der Waals surface area contributed by atoms with E-state index >= 15 is 0 Å². The quantitative estimate of drug-likeness (QED) is 0.877. The van der Waals surface area contributed by atoms with Crippen LogP contribution in [0.15, 0.2) is 18.2 Å². The smallest absolute Gasteiger partial charge is 0.0397 e. The summed E-state index contributed by atoms with van der Waals surface area (Å²) in [6, 6.07) is 6.85. The fourth-order valence-corrected chi connectivity index (χ4v) is 2.92. The summed E-state index contributed by atoms with van der Waals surface area (Å²) < 4.78 is 0. The van der Waals surface area contributed by atoms with Crippen LogP contribution < -0.4 is 10.2 Å². The van der Waals surface area contributed by atoms with Gasteiger partial charge in [0.1, 0.15) is 0 Å². The predicted molar refractivity (Wildman–Crippen MR) is 82.9 cm³/mol. The lowest BCUT2D eigenvalue weighted by molar-refractivity contribution is 0.258. The molecule has 19 heavy (non-hydrogen) atoms. The second kappa shape index (κ2) is 6.92. The van der Waals surface area contributed by atoms with Crippen LogP contribution in [0, 0.1) is 6.92 Å². The van der Waals surface area contributed by atoms with E-state index in [1.54, 1.807) is 0 Å². The zero-order valence-electron chi connectivity index (χ0n) is 12.6. The van der Waals surface area contributed by atoms with Gasteiger partial charge in [0.05, 0.1) is 0 Å². The van der Waals surface area contributed by atoms with Crippen LogP contribution >= 0.6 is 0 Å². The van der Waals surface area contributed by atoms with Crippen molar-refractivity contribution in [3.05, 3.63) is 29.3 Å². The van der Waals surface area contributed by atoms with Gasteiger partial charge < -0.3 is 10.2 Å². The standard InChI is InChI=1S/C16H27N3/c1-4-7-18-8-10-19(11-9-18)16-6-5-15(13-17-3)12-14(16)2/h5-6,12,17H,4,7-11,13H2,1-3H3. The molecular weight excluding hydrogens is 234 g/mol. The van der Waals surface area contributed by atoms with Gasteiger partial charge in [0.25, 0.3) is 0 Å². The molecule has 3 nitrogen and oxygen atoms in total. The van der Waals surface area contributed by atoms with Crippen LogP contribution in [0.25, 0.3) is 0 Å². The van der Waals surface area contributed by atoms with Gasteiger partial charge >= 0.3 is 0 Å². The Balaban J connectivity index is 1.99. The van der Waals surface area contributed by atoms with Crippen molar-refractivity contribution in [1.29, 1.82) is 0 Å². The number of benzene rings is 1. The van der Waals surface area contributed by atoms with Crippen molar-refractivity contribution in [2.75, 3.05) is 44.7 Å². The third-order valence-corrected chi connectivity index (χ3v) is 3.89. The van der Waals surface area contributed by atoms with Gasteiger partial charge in [-0.15, -0.1) is 0 Å². The molecule has 0 amide bonds. The molecule has 106 valence electrons. The van der Waals surface area contributed by atoms with E-state index in [9.17, 15) is 0 Å². The van der Waals surface area contributed by atoms with Crippen LogP contribution in [0.1, 0.15) is 24.5 Å². The Labute approximate surface area is 117 Å². The van der Waals surface area contributed by atoms with Crippen molar-refractivity contribution in [2.45, 2.75) is 26.8 Å². The van der Waals surface area contributed by atoms with Crippen LogP contribution in [0.5, 0.6) is 0 Å². The molecule has 0 saturated carbocycles. The highest BCUT2D eigenvalue weighted by Gasteiger charge is 2.17. The molecule has 1 heterocycles. The highest BCUT2D eigenvalue weighted by molar-refractivity contribution is 5.54. The van der Waals surface area contributed by atoms with E-state index in [1.807, 2.05) is 7.05 Å². The van der Waals surface area contributed by atoms with Crippen molar-refractivity contribution in [3.8, 4) is 0 Å². The number of hydrogen-bond donors (Lipinski definition) is 1. The van der Waals surface area contributed by atoms with Gasteiger partial charge in [0.15, 0.2) is 0 Å². The second-order valence-electron chi connectivity index (χ2n) is 5.48. The summed E-state index contributed by atoms with van der Waals surface area (Å²) in [6.07, 6.45) is 1.26. The number of piperazine rings is 1. The van der Waals surface area contributed by atoms with Crippen molar-refractivity contribution in [3.63, 3.8) is 0 Å². The van der Waals surface area contributed by atoms with E-state index in [0.29, 0.717) is 0 Å². The lowest BCUT2D eigenvalue weighted by atomic mass is 10.1. The normalized spacial score (nSPS) is 16.9. The van der Waals surface area contributed by atoms with Crippen molar-refractivity contribution >= 4 is 5.69 Å². The molecule has 0 atom stereocenters. The summed E-state index contributed by atoms with van der Waals surface area (Å²) in [5.41, 5.74) is 4.18. The third-order valence-electron chi connectivity index (χ3n) is 3.89. The number of aryl methyl sites for hydroxylation is 1. The molecule has 3 heteroatoms. The lowest BCUT2D eigenvalue weighted by Crippen LogP contribution is -2.46. The first kappa shape index (κ1) is 14.4. The molecule has 1 aliphatic heterocycles. The molecule has 1 fully saturated rings. The van der Waals surface area contributed by atoms with Crippen LogP contribution in [-0.2, 0) is 6.54 Å². The fraction of sp³-hybridized carbons (Fsp3) is 0.625. The minimum absolute atomic E-state index is 0.950. The van der Waals surface area contributed by atoms with Gasteiger partial charge in [0.2, 0.25) is 0 Å². The first-order chi connectivity index (χ1) is 9.24. The molecule has 1 aromatic carbocycles. The van der Waals surface area contributed by atoms with Gasteiger partial charge in [-0.2, -0.15) is 0 Å². The van der Waals surface area contributed by atoms with Gasteiger partial charge in [-0.25, -0.2) is 0 Å². The van der Waals surface area contributed by atoms with Gasteiger partial charge in [-0.1, -0.05) is 19.1 Å². The first-order valence-corrected chi connectivity index (χ1v) is 7.46. The SMILES string of the molecule is CCCN1CCN(c2ccc(CNC)cc2C)CC1. The third kappa shape index (κ3) is 3.71. The Hall–Kier alpha value is -1.06. The summed E-state index contributed by atoms with van der Waals surface area (Å²) in [7, 11) is 2.00. The summed E-state index contributed by atoms with van der Waals surface area (Å²) >= 11 is 0. The Morgan fingerprint density at radius 1 is 1.16 bits per heavy atom. The Kier molecular flexibility index (Phi) is 5.23. The number of anilines is 1. The molecule has 1 aliphatic rings. The van der Waals surface area contributed by atoms with Crippen molar-refractivity contribution in [2.24, 2.45) is 0 Å². The average Bonchev–Trinajstić information content (AvgIpc) is 2.41. The molecule has 0 bridgehead atoms. The molecule has 1 saturated heterocycles. The van der Waals surface area contributed by atoms with Crippen LogP contribution in [0.4, 0.5) is 5.69 Å². The van der Waals surface area contributed by atoms with E-state index in [2.05, 4.69) is 47.2 Å². The summed E-state index contributed by atoms with van der Waals surface area (Å²) in [6.45, 7) is 11.4. The second-order valence-corrected chi connectivity index (χ2v) is 5.48. The summed E-state index contributed by atoms with van der Waals surface area (Å²) in [4.78, 5) is 5.10. The molecule has 0 unspecified atom stereocenters. The van der Waals surface area contributed by atoms with Gasteiger partial charge in [0, 0.05) is 38.4 Å². The Morgan fingerprint density at radius 2 is 1.89 bits per heavy atom. The van der Waals surface area contributed by atoms with Crippen LogP contribution in [-0.4, -0.2) is 44.7 Å². The van der Waals surface area contributed by atoms with E-state index in [-0.39, 0.29) is 0 Å². The van der Waals surface area contributed by atoms with E-state index in [1.165, 1.54) is 42.9 Å². The Morgan fingerprint density at radius 3 is 2.47 bits per heavy atom. The lowest BCUT2D eigenvalue weighted by Gasteiger charge is -2.36. The zero-order chi connectivity index (χ0) is 13.7. The topological polar surface area (TPSA) is 18.5 Å². The van der Waals surface area contributed by atoms with E-state index < -0.39 is 0 Å². The molecule has 2 rings (SSSR count). The molecule has 0 aliphatic carbocycles. The van der Waals surface area contributed by atoms with Gasteiger partial charge in [-0.05, 0) is 44.1 Å². The highest BCUT2D eigenvalue weighted by atomic mass is 15.3. The maximum atomic E-state index is 3.21. The van der Waals surface area contributed by atoms with Gasteiger partial charge in [-0.3, -0.25) is 4.90 Å². The molecule has 1 aromatic rings. The maximum Gasteiger partial charge on any atom is 0.0397 e. The number of hydrogen-bond acceptors (Lipinski definition) is 3. The Bertz CT molecular complexity index is 395. The molecular formula is C16H27N3.